The average Bonchev–Trinajstić information content (AvgIpc) is 2.96. The Morgan fingerprint density at radius 2 is 2.35 bits per heavy atom. The second-order valence-electron chi connectivity index (χ2n) is 5.10. The van der Waals surface area contributed by atoms with Gasteiger partial charge in [-0.3, -0.25) is 5.10 Å². The molecule has 90 valence electrons. The van der Waals surface area contributed by atoms with E-state index < -0.39 is 0 Å². The fraction of sp³-hybridized carbons (Fsp3) is 0.500. The Morgan fingerprint density at radius 3 is 3.18 bits per heavy atom. The first-order valence-electron chi connectivity index (χ1n) is 6.55. The molecule has 0 bridgehead atoms. The van der Waals surface area contributed by atoms with Crippen LogP contribution in [0, 0.1) is 5.92 Å². The summed E-state index contributed by atoms with van der Waals surface area (Å²) in [5.41, 5.74) is 2.32. The Morgan fingerprint density at radius 1 is 1.41 bits per heavy atom. The number of hydrogen-bond donors (Lipinski definition) is 2. The number of nitrogens with zero attached hydrogens (tertiary/aromatic N) is 1. The van der Waals surface area contributed by atoms with E-state index in [0.717, 1.165) is 11.4 Å². The first kappa shape index (κ1) is 10.6. The van der Waals surface area contributed by atoms with Gasteiger partial charge >= 0.3 is 0 Å². The van der Waals surface area contributed by atoms with Gasteiger partial charge in [-0.2, -0.15) is 5.10 Å². The molecular weight excluding hydrogens is 210 g/mol. The van der Waals surface area contributed by atoms with Gasteiger partial charge in [0.05, 0.1) is 11.7 Å². The summed E-state index contributed by atoms with van der Waals surface area (Å²) in [7, 11) is 0. The number of H-pyrrole nitrogens is 1. The van der Waals surface area contributed by atoms with Crippen molar-refractivity contribution in [2.75, 3.05) is 5.32 Å². The van der Waals surface area contributed by atoms with Gasteiger partial charge in [-0.1, -0.05) is 13.3 Å². The summed E-state index contributed by atoms with van der Waals surface area (Å²) < 4.78 is 0. The van der Waals surface area contributed by atoms with Gasteiger partial charge in [-0.25, -0.2) is 0 Å². The van der Waals surface area contributed by atoms with Crippen LogP contribution in [0.25, 0.3) is 10.9 Å². The maximum atomic E-state index is 4.05. The van der Waals surface area contributed by atoms with Crippen LogP contribution in [0.1, 0.15) is 32.6 Å². The van der Waals surface area contributed by atoms with Gasteiger partial charge < -0.3 is 5.32 Å². The highest BCUT2D eigenvalue weighted by atomic mass is 15.1. The number of fused-ring (bicyclic) bond motifs is 1. The van der Waals surface area contributed by atoms with Crippen molar-refractivity contribution in [2.45, 2.75) is 38.6 Å². The Bertz CT molecular complexity index is 503. The molecule has 1 aromatic carbocycles. The van der Waals surface area contributed by atoms with Crippen molar-refractivity contribution in [3.05, 3.63) is 24.4 Å². The van der Waals surface area contributed by atoms with Gasteiger partial charge in [0.2, 0.25) is 0 Å². The molecule has 0 spiro atoms. The molecule has 1 saturated carbocycles. The fourth-order valence-corrected chi connectivity index (χ4v) is 2.84. The third-order valence-corrected chi connectivity index (χ3v) is 3.93. The molecule has 0 saturated heterocycles. The first-order valence-corrected chi connectivity index (χ1v) is 6.55. The van der Waals surface area contributed by atoms with Crippen LogP contribution >= 0.6 is 0 Å². The summed E-state index contributed by atoms with van der Waals surface area (Å²) in [4.78, 5) is 0. The summed E-state index contributed by atoms with van der Waals surface area (Å²) in [5, 5.41) is 11.9. The molecule has 2 unspecified atom stereocenters. The van der Waals surface area contributed by atoms with E-state index in [1.54, 1.807) is 0 Å². The van der Waals surface area contributed by atoms with Crippen LogP contribution in [-0.4, -0.2) is 16.2 Å². The third kappa shape index (κ3) is 2.14. The lowest BCUT2D eigenvalue weighted by atomic mass is 10.1. The Balaban J connectivity index is 1.72. The van der Waals surface area contributed by atoms with E-state index in [1.807, 2.05) is 6.20 Å². The number of rotatable bonds is 3. The second kappa shape index (κ2) is 4.40. The molecule has 0 amide bonds. The highest BCUT2D eigenvalue weighted by Gasteiger charge is 2.22. The van der Waals surface area contributed by atoms with Gasteiger partial charge in [-0.05, 0) is 43.4 Å². The number of hydrogen-bond acceptors (Lipinski definition) is 2. The molecule has 0 radical (unpaired) electrons. The summed E-state index contributed by atoms with van der Waals surface area (Å²) in [6.07, 6.45) is 7.18. The SMILES string of the molecule is CCC1CCC(Nc2ccc3cn[nH]c3c2)C1. The zero-order valence-corrected chi connectivity index (χ0v) is 10.2. The minimum absolute atomic E-state index is 0.653. The molecule has 17 heavy (non-hydrogen) atoms. The van der Waals surface area contributed by atoms with Crippen LogP contribution in [0.2, 0.25) is 0 Å². The number of benzene rings is 1. The van der Waals surface area contributed by atoms with E-state index in [-0.39, 0.29) is 0 Å². The largest absolute Gasteiger partial charge is 0.382 e. The Labute approximate surface area is 102 Å². The predicted molar refractivity (Wildman–Crippen MR) is 71.1 cm³/mol. The van der Waals surface area contributed by atoms with Crippen LogP contribution in [0.5, 0.6) is 0 Å². The third-order valence-electron chi connectivity index (χ3n) is 3.93. The van der Waals surface area contributed by atoms with Gasteiger partial charge in [0.25, 0.3) is 0 Å². The standard InChI is InChI=1S/C14H19N3/c1-2-10-3-5-12(7-10)16-13-6-4-11-9-15-17-14(11)8-13/h4,6,8-10,12,16H,2-3,5,7H2,1H3,(H,15,17). The lowest BCUT2D eigenvalue weighted by Gasteiger charge is -2.14. The topological polar surface area (TPSA) is 40.7 Å². The number of nitrogens with one attached hydrogen (secondary N) is 2. The maximum absolute atomic E-state index is 4.05. The molecule has 3 heteroatoms. The van der Waals surface area contributed by atoms with Crippen LogP contribution < -0.4 is 5.32 Å². The lowest BCUT2D eigenvalue weighted by Crippen LogP contribution is -2.15. The highest BCUT2D eigenvalue weighted by molar-refractivity contribution is 5.81. The van der Waals surface area contributed by atoms with Crippen molar-refractivity contribution >= 4 is 16.6 Å². The minimum Gasteiger partial charge on any atom is -0.382 e. The van der Waals surface area contributed by atoms with Crippen molar-refractivity contribution in [3.63, 3.8) is 0 Å². The molecule has 1 heterocycles. The van der Waals surface area contributed by atoms with Crippen molar-refractivity contribution in [1.29, 1.82) is 0 Å². The number of aromatic amines is 1. The molecule has 1 aliphatic carbocycles. The van der Waals surface area contributed by atoms with Gasteiger partial charge in [0, 0.05) is 17.1 Å². The molecule has 2 N–H and O–H groups in total. The number of aromatic nitrogens is 2. The van der Waals surface area contributed by atoms with Crippen molar-refractivity contribution in [3.8, 4) is 0 Å². The van der Waals surface area contributed by atoms with E-state index in [4.69, 9.17) is 0 Å². The first-order chi connectivity index (χ1) is 8.35. The predicted octanol–water partition coefficient (Wildman–Crippen LogP) is 3.55. The smallest absolute Gasteiger partial charge is 0.0670 e. The summed E-state index contributed by atoms with van der Waals surface area (Å²) in [5.74, 6) is 0.920. The molecule has 1 aromatic heterocycles. The number of anilines is 1. The van der Waals surface area contributed by atoms with Gasteiger partial charge in [0.1, 0.15) is 0 Å². The Hall–Kier alpha value is -1.51. The van der Waals surface area contributed by atoms with E-state index >= 15 is 0 Å². The monoisotopic (exact) mass is 229 g/mol. The molecule has 0 aliphatic heterocycles. The van der Waals surface area contributed by atoms with Gasteiger partial charge in [-0.15, -0.1) is 0 Å². The maximum Gasteiger partial charge on any atom is 0.0670 e. The normalized spacial score (nSPS) is 24.3. The summed E-state index contributed by atoms with van der Waals surface area (Å²) in [6.45, 7) is 2.30. The van der Waals surface area contributed by atoms with E-state index in [0.29, 0.717) is 6.04 Å². The Kier molecular flexibility index (Phi) is 2.75. The quantitative estimate of drug-likeness (QED) is 0.845. The van der Waals surface area contributed by atoms with Crippen LogP contribution in [-0.2, 0) is 0 Å². The molecule has 2 aromatic rings. The summed E-state index contributed by atoms with van der Waals surface area (Å²) in [6, 6.07) is 7.08. The van der Waals surface area contributed by atoms with E-state index in [1.165, 1.54) is 36.8 Å². The van der Waals surface area contributed by atoms with Gasteiger partial charge in [0.15, 0.2) is 0 Å². The molecule has 2 atom stereocenters. The van der Waals surface area contributed by atoms with E-state index in [2.05, 4.69) is 40.6 Å². The summed E-state index contributed by atoms with van der Waals surface area (Å²) >= 11 is 0. The molecular formula is C14H19N3. The molecule has 3 nitrogen and oxygen atoms in total. The van der Waals surface area contributed by atoms with Crippen molar-refractivity contribution < 1.29 is 0 Å². The molecule has 1 aliphatic rings. The fourth-order valence-electron chi connectivity index (χ4n) is 2.84. The zero-order chi connectivity index (χ0) is 11.7. The lowest BCUT2D eigenvalue weighted by molar-refractivity contribution is 0.525. The second-order valence-corrected chi connectivity index (χ2v) is 5.10. The van der Waals surface area contributed by atoms with E-state index in [9.17, 15) is 0 Å². The molecule has 3 rings (SSSR count). The van der Waals surface area contributed by atoms with Crippen LogP contribution in [0.4, 0.5) is 5.69 Å². The zero-order valence-electron chi connectivity index (χ0n) is 10.2. The van der Waals surface area contributed by atoms with Crippen molar-refractivity contribution in [2.24, 2.45) is 5.92 Å². The van der Waals surface area contributed by atoms with Crippen LogP contribution in [0.15, 0.2) is 24.4 Å². The minimum atomic E-state index is 0.653. The average molecular weight is 229 g/mol. The van der Waals surface area contributed by atoms with Crippen molar-refractivity contribution in [1.82, 2.24) is 10.2 Å². The molecule has 1 fully saturated rings. The van der Waals surface area contributed by atoms with Crippen LogP contribution in [0.3, 0.4) is 0 Å². The highest BCUT2D eigenvalue weighted by Crippen LogP contribution is 2.30.